The summed E-state index contributed by atoms with van der Waals surface area (Å²) in [6.45, 7) is 0.664. The van der Waals surface area contributed by atoms with Gasteiger partial charge in [0.1, 0.15) is 18.2 Å². The van der Waals surface area contributed by atoms with Gasteiger partial charge < -0.3 is 10.5 Å². The summed E-state index contributed by atoms with van der Waals surface area (Å²) >= 11 is 5.67. The molecule has 0 fully saturated rings. The second-order valence-corrected chi connectivity index (χ2v) is 4.31. The van der Waals surface area contributed by atoms with Crippen LogP contribution in [0.25, 0.3) is 0 Å². The molecule has 0 aromatic heterocycles. The molecular formula is C14H13ClFNO. The Morgan fingerprint density at radius 3 is 2.44 bits per heavy atom. The number of halogens is 2. The van der Waals surface area contributed by atoms with Crippen LogP contribution in [0.5, 0.6) is 5.75 Å². The second kappa shape index (κ2) is 5.85. The van der Waals surface area contributed by atoms with Gasteiger partial charge in [0.25, 0.3) is 0 Å². The lowest BCUT2D eigenvalue weighted by Gasteiger charge is -2.08. The average Bonchev–Trinajstić information content (AvgIpc) is 2.38. The first-order valence-electron chi connectivity index (χ1n) is 5.55. The van der Waals surface area contributed by atoms with Gasteiger partial charge in [-0.1, -0.05) is 29.8 Å². The molecule has 0 unspecified atom stereocenters. The molecule has 0 heterocycles. The summed E-state index contributed by atoms with van der Waals surface area (Å²) in [5.41, 5.74) is 7.00. The van der Waals surface area contributed by atoms with E-state index >= 15 is 0 Å². The van der Waals surface area contributed by atoms with E-state index in [9.17, 15) is 4.39 Å². The summed E-state index contributed by atoms with van der Waals surface area (Å²) < 4.78 is 19.0. The molecule has 18 heavy (non-hydrogen) atoms. The lowest BCUT2D eigenvalue weighted by molar-refractivity contribution is 0.300. The Labute approximate surface area is 110 Å². The van der Waals surface area contributed by atoms with Crippen molar-refractivity contribution in [2.75, 3.05) is 0 Å². The van der Waals surface area contributed by atoms with E-state index < -0.39 is 0 Å². The molecular weight excluding hydrogens is 253 g/mol. The van der Waals surface area contributed by atoms with Crippen LogP contribution in [-0.4, -0.2) is 0 Å². The summed E-state index contributed by atoms with van der Waals surface area (Å²) in [6, 6.07) is 11.9. The molecule has 0 bridgehead atoms. The van der Waals surface area contributed by atoms with Crippen LogP contribution in [0.4, 0.5) is 4.39 Å². The van der Waals surface area contributed by atoms with E-state index in [2.05, 4.69) is 0 Å². The third kappa shape index (κ3) is 3.22. The molecule has 0 saturated carbocycles. The van der Waals surface area contributed by atoms with Gasteiger partial charge in [0.2, 0.25) is 0 Å². The van der Waals surface area contributed by atoms with E-state index in [1.54, 1.807) is 12.1 Å². The van der Waals surface area contributed by atoms with Crippen LogP contribution in [0.2, 0.25) is 5.02 Å². The van der Waals surface area contributed by atoms with Crippen LogP contribution < -0.4 is 10.5 Å². The fraction of sp³-hybridized carbons (Fsp3) is 0.143. The van der Waals surface area contributed by atoms with E-state index in [0.717, 1.165) is 5.56 Å². The van der Waals surface area contributed by atoms with Gasteiger partial charge >= 0.3 is 0 Å². The highest BCUT2D eigenvalue weighted by Gasteiger charge is 2.03. The first-order valence-corrected chi connectivity index (χ1v) is 5.92. The van der Waals surface area contributed by atoms with Crippen molar-refractivity contribution in [2.45, 2.75) is 13.2 Å². The van der Waals surface area contributed by atoms with Crippen LogP contribution in [0.1, 0.15) is 11.1 Å². The van der Waals surface area contributed by atoms with Crippen molar-refractivity contribution < 1.29 is 9.13 Å². The number of ether oxygens (including phenoxy) is 1. The zero-order chi connectivity index (χ0) is 13.0. The van der Waals surface area contributed by atoms with Crippen molar-refractivity contribution in [3.05, 3.63) is 64.4 Å². The molecule has 0 spiro atoms. The van der Waals surface area contributed by atoms with Gasteiger partial charge in [0.05, 0.1) is 0 Å². The Hall–Kier alpha value is -1.58. The van der Waals surface area contributed by atoms with E-state index in [1.807, 2.05) is 24.3 Å². The predicted octanol–water partition coefficient (Wildman–Crippen LogP) is 3.52. The molecule has 0 saturated heterocycles. The van der Waals surface area contributed by atoms with Gasteiger partial charge in [-0.3, -0.25) is 0 Å². The summed E-state index contributed by atoms with van der Waals surface area (Å²) in [5.74, 6) is 0.322. The maximum atomic E-state index is 13.5. The van der Waals surface area contributed by atoms with Crippen LogP contribution in [-0.2, 0) is 13.2 Å². The smallest absolute Gasteiger partial charge is 0.131 e. The Bertz CT molecular complexity index is 528. The molecule has 2 aromatic carbocycles. The lowest BCUT2D eigenvalue weighted by atomic mass is 10.2. The lowest BCUT2D eigenvalue weighted by Crippen LogP contribution is -1.99. The first kappa shape index (κ1) is 12.9. The Balaban J connectivity index is 2.02. The zero-order valence-electron chi connectivity index (χ0n) is 9.70. The van der Waals surface area contributed by atoms with Gasteiger partial charge in [-0.2, -0.15) is 0 Å². The molecule has 0 radical (unpaired) electrons. The molecule has 0 aliphatic heterocycles. The van der Waals surface area contributed by atoms with E-state index in [1.165, 1.54) is 6.07 Å². The summed E-state index contributed by atoms with van der Waals surface area (Å²) in [5, 5.41) is 0.378. The largest absolute Gasteiger partial charge is 0.489 e. The average molecular weight is 266 g/mol. The molecule has 4 heteroatoms. The van der Waals surface area contributed by atoms with Crippen molar-refractivity contribution in [1.29, 1.82) is 0 Å². The van der Waals surface area contributed by atoms with Gasteiger partial charge in [-0.25, -0.2) is 4.39 Å². The van der Waals surface area contributed by atoms with Gasteiger partial charge in [-0.05, 0) is 29.8 Å². The molecule has 2 nitrogen and oxygen atoms in total. The Morgan fingerprint density at radius 2 is 1.83 bits per heavy atom. The monoisotopic (exact) mass is 265 g/mol. The van der Waals surface area contributed by atoms with Crippen molar-refractivity contribution in [3.8, 4) is 5.75 Å². The molecule has 2 rings (SSSR count). The number of benzene rings is 2. The normalized spacial score (nSPS) is 10.4. The van der Waals surface area contributed by atoms with E-state index in [-0.39, 0.29) is 12.4 Å². The van der Waals surface area contributed by atoms with Gasteiger partial charge in [-0.15, -0.1) is 0 Å². The number of rotatable bonds is 4. The van der Waals surface area contributed by atoms with Crippen LogP contribution in [0, 0.1) is 5.82 Å². The summed E-state index contributed by atoms with van der Waals surface area (Å²) in [4.78, 5) is 0. The maximum absolute atomic E-state index is 13.5. The summed E-state index contributed by atoms with van der Waals surface area (Å²) in [7, 11) is 0. The number of nitrogens with two attached hydrogens (primary N) is 1. The molecule has 2 N–H and O–H groups in total. The maximum Gasteiger partial charge on any atom is 0.131 e. The molecule has 0 aliphatic rings. The fourth-order valence-electron chi connectivity index (χ4n) is 1.52. The zero-order valence-corrected chi connectivity index (χ0v) is 10.5. The molecule has 0 atom stereocenters. The summed E-state index contributed by atoms with van der Waals surface area (Å²) in [6.07, 6.45) is 0. The highest BCUT2D eigenvalue weighted by molar-refractivity contribution is 6.30. The Kier molecular flexibility index (Phi) is 4.18. The van der Waals surface area contributed by atoms with Crippen molar-refractivity contribution in [3.63, 3.8) is 0 Å². The topological polar surface area (TPSA) is 35.2 Å². The molecule has 94 valence electrons. The van der Waals surface area contributed by atoms with Gasteiger partial charge in [0.15, 0.2) is 0 Å². The Morgan fingerprint density at radius 1 is 1.11 bits per heavy atom. The van der Waals surface area contributed by atoms with Crippen LogP contribution in [0.3, 0.4) is 0 Å². The highest BCUT2D eigenvalue weighted by Crippen LogP contribution is 2.18. The minimum atomic E-state index is -0.360. The third-order valence-corrected chi connectivity index (χ3v) is 2.80. The van der Waals surface area contributed by atoms with E-state index in [4.69, 9.17) is 22.1 Å². The predicted molar refractivity (Wildman–Crippen MR) is 70.1 cm³/mol. The van der Waals surface area contributed by atoms with Crippen molar-refractivity contribution in [1.82, 2.24) is 0 Å². The van der Waals surface area contributed by atoms with Crippen LogP contribution in [0.15, 0.2) is 42.5 Å². The highest BCUT2D eigenvalue weighted by atomic mass is 35.5. The standard InChI is InChI=1S/C14H13ClFNO/c15-12-4-3-11(14(16)7-12)9-18-13-5-1-10(8-17)2-6-13/h1-7H,8-9,17H2. The minimum absolute atomic E-state index is 0.172. The van der Waals surface area contributed by atoms with Crippen LogP contribution >= 0.6 is 11.6 Å². The van der Waals surface area contributed by atoms with Gasteiger partial charge in [0, 0.05) is 17.1 Å². The molecule has 2 aromatic rings. The molecule has 0 amide bonds. The quantitative estimate of drug-likeness (QED) is 0.918. The first-order chi connectivity index (χ1) is 8.69. The van der Waals surface area contributed by atoms with E-state index in [0.29, 0.717) is 22.9 Å². The third-order valence-electron chi connectivity index (χ3n) is 2.57. The minimum Gasteiger partial charge on any atom is -0.489 e. The molecule has 0 aliphatic carbocycles. The SMILES string of the molecule is NCc1ccc(OCc2ccc(Cl)cc2F)cc1. The number of hydrogen-bond acceptors (Lipinski definition) is 2. The van der Waals surface area contributed by atoms with Crippen molar-refractivity contribution >= 4 is 11.6 Å². The second-order valence-electron chi connectivity index (χ2n) is 3.87. The number of hydrogen-bond donors (Lipinski definition) is 1. The fourth-order valence-corrected chi connectivity index (χ4v) is 1.68. The van der Waals surface area contributed by atoms with Crippen molar-refractivity contribution in [2.24, 2.45) is 5.73 Å².